The van der Waals surface area contributed by atoms with Gasteiger partial charge in [-0.15, -0.1) is 0 Å². The SMILES string of the molecule is CC(=O)NCCSSCCNC(=O)CCNC(=O)c1ccc(CN=[N+]=[N-])nc1. The lowest BCUT2D eigenvalue weighted by Gasteiger charge is -2.07. The van der Waals surface area contributed by atoms with Crippen molar-refractivity contribution in [3.05, 3.63) is 40.0 Å². The highest BCUT2D eigenvalue weighted by Crippen LogP contribution is 2.19. The van der Waals surface area contributed by atoms with E-state index < -0.39 is 0 Å². The van der Waals surface area contributed by atoms with Gasteiger partial charge in [0, 0.05) is 61.3 Å². The van der Waals surface area contributed by atoms with Crippen LogP contribution in [0.3, 0.4) is 0 Å². The Labute approximate surface area is 171 Å². The van der Waals surface area contributed by atoms with Crippen LogP contribution in [-0.2, 0) is 16.1 Å². The largest absolute Gasteiger partial charge is 0.355 e. The number of rotatable bonds is 13. The van der Waals surface area contributed by atoms with Gasteiger partial charge in [0.1, 0.15) is 0 Å². The van der Waals surface area contributed by atoms with Crippen molar-refractivity contribution < 1.29 is 14.4 Å². The van der Waals surface area contributed by atoms with Crippen LogP contribution in [-0.4, -0.2) is 53.8 Å². The third-order valence-electron chi connectivity index (χ3n) is 3.17. The number of azide groups is 1. The summed E-state index contributed by atoms with van der Waals surface area (Å²) in [6, 6.07) is 3.20. The molecule has 0 fully saturated rings. The van der Waals surface area contributed by atoms with E-state index in [0.29, 0.717) is 24.3 Å². The minimum atomic E-state index is -0.318. The molecule has 28 heavy (non-hydrogen) atoms. The molecule has 1 aromatic rings. The maximum atomic E-state index is 12.0. The fourth-order valence-electron chi connectivity index (χ4n) is 1.86. The maximum Gasteiger partial charge on any atom is 0.252 e. The van der Waals surface area contributed by atoms with Gasteiger partial charge < -0.3 is 16.0 Å². The fraction of sp³-hybridized carbons (Fsp3) is 0.500. The lowest BCUT2D eigenvalue weighted by Crippen LogP contribution is -2.31. The summed E-state index contributed by atoms with van der Waals surface area (Å²) in [5.74, 6) is 1.08. The Morgan fingerprint density at radius 3 is 2.43 bits per heavy atom. The van der Waals surface area contributed by atoms with Crippen molar-refractivity contribution in [1.29, 1.82) is 0 Å². The van der Waals surface area contributed by atoms with Crippen LogP contribution in [0.25, 0.3) is 10.4 Å². The van der Waals surface area contributed by atoms with E-state index in [1.54, 1.807) is 33.7 Å². The molecule has 0 spiro atoms. The summed E-state index contributed by atoms with van der Waals surface area (Å²) < 4.78 is 0. The second kappa shape index (κ2) is 14.6. The zero-order valence-corrected chi connectivity index (χ0v) is 17.1. The van der Waals surface area contributed by atoms with Crippen molar-refractivity contribution in [2.24, 2.45) is 5.11 Å². The summed E-state index contributed by atoms with van der Waals surface area (Å²) in [4.78, 5) is 41.1. The Kier molecular flexibility index (Phi) is 12.3. The van der Waals surface area contributed by atoms with Gasteiger partial charge >= 0.3 is 0 Å². The number of carbonyl (C=O) groups excluding carboxylic acids is 3. The van der Waals surface area contributed by atoms with E-state index in [1.807, 2.05) is 0 Å². The first-order valence-corrected chi connectivity index (χ1v) is 11.0. The number of hydrogen-bond acceptors (Lipinski definition) is 7. The van der Waals surface area contributed by atoms with Gasteiger partial charge in [-0.3, -0.25) is 19.4 Å². The quantitative estimate of drug-likeness (QED) is 0.144. The molecule has 0 saturated carbocycles. The topological polar surface area (TPSA) is 149 Å². The molecule has 3 amide bonds. The van der Waals surface area contributed by atoms with Crippen LogP contribution in [0.2, 0.25) is 0 Å². The zero-order chi connectivity index (χ0) is 20.6. The van der Waals surface area contributed by atoms with Crippen LogP contribution in [0.5, 0.6) is 0 Å². The molecule has 0 unspecified atom stereocenters. The third kappa shape index (κ3) is 11.3. The van der Waals surface area contributed by atoms with Crippen LogP contribution in [0.1, 0.15) is 29.4 Å². The van der Waals surface area contributed by atoms with Gasteiger partial charge in [0.25, 0.3) is 5.91 Å². The molecule has 0 bridgehead atoms. The summed E-state index contributed by atoms with van der Waals surface area (Å²) in [6.07, 6.45) is 1.59. The van der Waals surface area contributed by atoms with Gasteiger partial charge in [0.2, 0.25) is 11.8 Å². The molecule has 0 aromatic carbocycles. The second-order valence-corrected chi connectivity index (χ2v) is 8.11. The van der Waals surface area contributed by atoms with Crippen LogP contribution in [0, 0.1) is 0 Å². The van der Waals surface area contributed by atoms with Crippen molar-refractivity contribution in [3.8, 4) is 0 Å². The van der Waals surface area contributed by atoms with E-state index in [9.17, 15) is 14.4 Å². The van der Waals surface area contributed by atoms with E-state index in [1.165, 1.54) is 13.1 Å². The van der Waals surface area contributed by atoms with Crippen LogP contribution in [0.4, 0.5) is 0 Å². The Bertz CT molecular complexity index is 694. The molecule has 1 aromatic heterocycles. The van der Waals surface area contributed by atoms with Gasteiger partial charge in [-0.2, -0.15) is 0 Å². The van der Waals surface area contributed by atoms with Crippen molar-refractivity contribution in [2.45, 2.75) is 19.9 Å². The first-order valence-electron chi connectivity index (χ1n) is 8.52. The standard InChI is InChI=1S/C16H23N7O3S2/c1-12(24)18-6-8-27-28-9-7-19-15(25)4-5-20-16(26)13-2-3-14(21-10-13)11-22-23-17/h2-3,10H,4-9,11H2,1H3,(H,18,24)(H,19,25)(H,20,26). The number of pyridine rings is 1. The Morgan fingerprint density at radius 1 is 1.11 bits per heavy atom. The number of nitrogens with one attached hydrogen (secondary N) is 3. The predicted molar refractivity (Wildman–Crippen MR) is 111 cm³/mol. The molecule has 0 aliphatic carbocycles. The summed E-state index contributed by atoms with van der Waals surface area (Å²) in [5, 5.41) is 11.6. The maximum absolute atomic E-state index is 12.0. The highest BCUT2D eigenvalue weighted by atomic mass is 33.1. The first kappa shape index (κ1) is 23.6. The number of carbonyl (C=O) groups is 3. The summed E-state index contributed by atoms with van der Waals surface area (Å²) in [7, 11) is 3.26. The average Bonchev–Trinajstić information content (AvgIpc) is 2.68. The highest BCUT2D eigenvalue weighted by Gasteiger charge is 2.07. The molecule has 0 radical (unpaired) electrons. The van der Waals surface area contributed by atoms with Crippen molar-refractivity contribution in [1.82, 2.24) is 20.9 Å². The Morgan fingerprint density at radius 2 is 1.82 bits per heavy atom. The monoisotopic (exact) mass is 425 g/mol. The Balaban J connectivity index is 2.09. The van der Waals surface area contributed by atoms with Crippen molar-refractivity contribution >= 4 is 39.3 Å². The van der Waals surface area contributed by atoms with E-state index in [2.05, 4.69) is 31.0 Å². The second-order valence-electron chi connectivity index (χ2n) is 5.41. The van der Waals surface area contributed by atoms with Gasteiger partial charge in [-0.05, 0) is 17.7 Å². The van der Waals surface area contributed by atoms with Crippen LogP contribution in [0.15, 0.2) is 23.4 Å². The molecule has 1 rings (SSSR count). The summed E-state index contributed by atoms with van der Waals surface area (Å²) >= 11 is 0. The molecule has 0 aliphatic heterocycles. The number of amides is 3. The average molecular weight is 426 g/mol. The molecule has 1 heterocycles. The highest BCUT2D eigenvalue weighted by molar-refractivity contribution is 8.76. The zero-order valence-electron chi connectivity index (χ0n) is 15.5. The third-order valence-corrected chi connectivity index (χ3v) is 5.58. The first-order chi connectivity index (χ1) is 13.5. The molecule has 12 heteroatoms. The molecule has 152 valence electrons. The molecular formula is C16H23N7O3S2. The van der Waals surface area contributed by atoms with Gasteiger partial charge in [0.15, 0.2) is 0 Å². The summed E-state index contributed by atoms with van der Waals surface area (Å²) in [5.41, 5.74) is 9.20. The normalized spacial score (nSPS) is 9.89. The van der Waals surface area contributed by atoms with Gasteiger partial charge in [-0.1, -0.05) is 26.7 Å². The molecule has 10 nitrogen and oxygen atoms in total. The molecular weight excluding hydrogens is 402 g/mol. The fourth-order valence-corrected chi connectivity index (χ4v) is 3.67. The summed E-state index contributed by atoms with van der Waals surface area (Å²) in [6.45, 7) is 3.01. The van der Waals surface area contributed by atoms with E-state index in [0.717, 1.165) is 11.5 Å². The molecule has 0 atom stereocenters. The number of hydrogen-bond donors (Lipinski definition) is 3. The number of aromatic nitrogens is 1. The van der Waals surface area contributed by atoms with Gasteiger partial charge in [0.05, 0.1) is 12.1 Å². The van der Waals surface area contributed by atoms with E-state index >= 15 is 0 Å². The van der Waals surface area contributed by atoms with Crippen molar-refractivity contribution in [2.75, 3.05) is 31.1 Å². The lowest BCUT2D eigenvalue weighted by molar-refractivity contribution is -0.121. The number of nitrogens with zero attached hydrogens (tertiary/aromatic N) is 4. The molecule has 0 aliphatic rings. The van der Waals surface area contributed by atoms with Crippen molar-refractivity contribution in [3.63, 3.8) is 0 Å². The van der Waals surface area contributed by atoms with E-state index in [-0.39, 0.29) is 37.2 Å². The van der Waals surface area contributed by atoms with Crippen LogP contribution >= 0.6 is 21.6 Å². The smallest absolute Gasteiger partial charge is 0.252 e. The van der Waals surface area contributed by atoms with E-state index in [4.69, 9.17) is 5.53 Å². The van der Waals surface area contributed by atoms with Crippen LogP contribution < -0.4 is 16.0 Å². The minimum Gasteiger partial charge on any atom is -0.355 e. The van der Waals surface area contributed by atoms with Gasteiger partial charge in [-0.25, -0.2) is 0 Å². The Hall–Kier alpha value is -2.43. The molecule has 3 N–H and O–H groups in total. The minimum absolute atomic E-state index is 0.0384. The molecule has 0 saturated heterocycles. The predicted octanol–water partition coefficient (Wildman–Crippen LogP) is 1.65. The lowest BCUT2D eigenvalue weighted by atomic mass is 10.2.